The van der Waals surface area contributed by atoms with Gasteiger partial charge in [-0.25, -0.2) is 4.98 Å². The van der Waals surface area contributed by atoms with Gasteiger partial charge < -0.3 is 19.1 Å². The fourth-order valence-corrected chi connectivity index (χ4v) is 4.86. The monoisotopic (exact) mass is 515 g/mol. The molecule has 0 fully saturated rings. The standard InChI is InChI=1S/C26H29N3O4S.ClH/c1-28(2)14-7-15-29(26-27-24-21(31-3)12-13-22(32-4)25(24)34-26)23(30)17-33-20-11-10-18-8-5-6-9-19(18)16-20;/h5-6,8-13,16H,7,14-15,17H2,1-4H3;1H. The molecular weight excluding hydrogens is 486 g/mol. The predicted octanol–water partition coefficient (Wildman–Crippen LogP) is 5.25. The van der Waals surface area contributed by atoms with Crippen LogP contribution in [0.4, 0.5) is 5.13 Å². The van der Waals surface area contributed by atoms with Gasteiger partial charge in [0.2, 0.25) is 0 Å². The van der Waals surface area contributed by atoms with Crippen molar-refractivity contribution in [2.45, 2.75) is 6.42 Å². The van der Waals surface area contributed by atoms with Gasteiger partial charge in [-0.2, -0.15) is 0 Å². The van der Waals surface area contributed by atoms with E-state index < -0.39 is 0 Å². The van der Waals surface area contributed by atoms with Gasteiger partial charge in [-0.3, -0.25) is 9.69 Å². The van der Waals surface area contributed by atoms with Crippen molar-refractivity contribution in [2.75, 3.05) is 52.9 Å². The quantitative estimate of drug-likeness (QED) is 0.287. The van der Waals surface area contributed by atoms with Gasteiger partial charge in [0.25, 0.3) is 5.91 Å². The van der Waals surface area contributed by atoms with Crippen LogP contribution in [0, 0.1) is 0 Å². The number of hydrogen-bond donors (Lipinski definition) is 0. The summed E-state index contributed by atoms with van der Waals surface area (Å²) in [7, 11) is 7.26. The summed E-state index contributed by atoms with van der Waals surface area (Å²) in [6.45, 7) is 1.31. The molecular formula is C26H30ClN3O4S. The van der Waals surface area contributed by atoms with E-state index in [2.05, 4.69) is 4.90 Å². The highest BCUT2D eigenvalue weighted by atomic mass is 35.5. The maximum atomic E-state index is 13.3. The van der Waals surface area contributed by atoms with Crippen LogP contribution < -0.4 is 19.1 Å². The molecule has 0 spiro atoms. The van der Waals surface area contributed by atoms with Gasteiger partial charge in [-0.05, 0) is 62.1 Å². The lowest BCUT2D eigenvalue weighted by Crippen LogP contribution is -2.36. The maximum absolute atomic E-state index is 13.3. The Morgan fingerprint density at radius 3 is 2.37 bits per heavy atom. The van der Waals surface area contributed by atoms with Crippen molar-refractivity contribution in [1.82, 2.24) is 9.88 Å². The topological polar surface area (TPSA) is 64.1 Å². The molecule has 0 aliphatic carbocycles. The molecule has 9 heteroatoms. The Morgan fingerprint density at radius 1 is 0.943 bits per heavy atom. The Morgan fingerprint density at radius 2 is 1.66 bits per heavy atom. The Bertz CT molecular complexity index is 1250. The first-order valence-corrected chi connectivity index (χ1v) is 11.9. The third-order valence-corrected chi connectivity index (χ3v) is 6.59. The Balaban J connectivity index is 0.00000342. The van der Waals surface area contributed by atoms with Gasteiger partial charge >= 0.3 is 0 Å². The molecule has 0 saturated carbocycles. The summed E-state index contributed by atoms with van der Waals surface area (Å²) >= 11 is 1.42. The second-order valence-electron chi connectivity index (χ2n) is 8.14. The molecule has 1 amide bonds. The number of halogens is 1. The van der Waals surface area contributed by atoms with Crippen LogP contribution in [0.15, 0.2) is 54.6 Å². The van der Waals surface area contributed by atoms with Crippen LogP contribution in [-0.4, -0.2) is 63.8 Å². The zero-order valence-corrected chi connectivity index (χ0v) is 21.9. The van der Waals surface area contributed by atoms with Crippen LogP contribution in [0.2, 0.25) is 0 Å². The lowest BCUT2D eigenvalue weighted by Gasteiger charge is -2.21. The number of carbonyl (C=O) groups is 1. The average molecular weight is 516 g/mol. The minimum Gasteiger partial charge on any atom is -0.495 e. The van der Waals surface area contributed by atoms with E-state index in [4.69, 9.17) is 19.2 Å². The molecule has 0 atom stereocenters. The summed E-state index contributed by atoms with van der Waals surface area (Å²) in [5, 5.41) is 2.80. The van der Waals surface area contributed by atoms with Crippen LogP contribution in [0.3, 0.4) is 0 Å². The van der Waals surface area contributed by atoms with E-state index in [0.29, 0.717) is 34.4 Å². The number of amides is 1. The van der Waals surface area contributed by atoms with Crippen molar-refractivity contribution < 1.29 is 19.0 Å². The third-order valence-electron chi connectivity index (χ3n) is 5.50. The highest BCUT2D eigenvalue weighted by Gasteiger charge is 2.23. The molecule has 186 valence electrons. The second kappa shape index (κ2) is 12.1. The van der Waals surface area contributed by atoms with Crippen molar-refractivity contribution >= 4 is 55.8 Å². The van der Waals surface area contributed by atoms with Crippen molar-refractivity contribution in [3.05, 3.63) is 54.6 Å². The van der Waals surface area contributed by atoms with Crippen LogP contribution in [-0.2, 0) is 4.79 Å². The zero-order chi connectivity index (χ0) is 24.1. The minimum atomic E-state index is -0.149. The molecule has 0 aliphatic rings. The zero-order valence-electron chi connectivity index (χ0n) is 20.3. The number of nitrogens with zero attached hydrogens (tertiary/aromatic N) is 3. The van der Waals surface area contributed by atoms with Crippen LogP contribution in [0.1, 0.15) is 6.42 Å². The molecule has 0 unspecified atom stereocenters. The van der Waals surface area contributed by atoms with Gasteiger partial charge in [0, 0.05) is 6.54 Å². The number of methoxy groups -OCH3 is 2. The van der Waals surface area contributed by atoms with Crippen molar-refractivity contribution in [3.8, 4) is 17.2 Å². The first-order valence-electron chi connectivity index (χ1n) is 11.1. The molecule has 35 heavy (non-hydrogen) atoms. The lowest BCUT2D eigenvalue weighted by molar-refractivity contribution is -0.120. The van der Waals surface area contributed by atoms with E-state index in [1.54, 1.807) is 19.1 Å². The number of anilines is 1. The number of thiazole rings is 1. The van der Waals surface area contributed by atoms with Gasteiger partial charge in [0.15, 0.2) is 11.7 Å². The van der Waals surface area contributed by atoms with E-state index in [9.17, 15) is 4.79 Å². The van der Waals surface area contributed by atoms with Crippen molar-refractivity contribution in [2.24, 2.45) is 0 Å². The number of fused-ring (bicyclic) bond motifs is 2. The van der Waals surface area contributed by atoms with Crippen molar-refractivity contribution in [3.63, 3.8) is 0 Å². The van der Waals surface area contributed by atoms with Gasteiger partial charge in [-0.1, -0.05) is 41.7 Å². The van der Waals surface area contributed by atoms with E-state index in [0.717, 1.165) is 28.4 Å². The molecule has 0 aliphatic heterocycles. The van der Waals surface area contributed by atoms with Crippen LogP contribution in [0.25, 0.3) is 21.0 Å². The molecule has 0 N–H and O–H groups in total. The first kappa shape index (κ1) is 26.5. The van der Waals surface area contributed by atoms with E-state index >= 15 is 0 Å². The smallest absolute Gasteiger partial charge is 0.266 e. The van der Waals surface area contributed by atoms with Gasteiger partial charge in [0.05, 0.1) is 14.2 Å². The highest BCUT2D eigenvalue weighted by molar-refractivity contribution is 7.22. The van der Waals surface area contributed by atoms with Crippen LogP contribution in [0.5, 0.6) is 17.2 Å². The molecule has 4 aromatic rings. The SMILES string of the molecule is COc1ccc(OC)c2sc(N(CCCN(C)C)C(=O)COc3ccc4ccccc4c3)nc12.Cl. The number of ether oxygens (including phenoxy) is 3. The fourth-order valence-electron chi connectivity index (χ4n) is 3.74. The lowest BCUT2D eigenvalue weighted by atomic mass is 10.1. The fraction of sp³-hybridized carbons (Fsp3) is 0.308. The molecule has 3 aromatic carbocycles. The number of hydrogen-bond acceptors (Lipinski definition) is 7. The highest BCUT2D eigenvalue weighted by Crippen LogP contribution is 2.40. The Kier molecular flexibility index (Phi) is 9.14. The Labute approximate surface area is 215 Å². The number of aromatic nitrogens is 1. The molecule has 1 heterocycles. The summed E-state index contributed by atoms with van der Waals surface area (Å²) in [5.74, 6) is 1.86. The molecule has 4 rings (SSSR count). The van der Waals surface area contributed by atoms with Crippen LogP contribution >= 0.6 is 23.7 Å². The maximum Gasteiger partial charge on any atom is 0.266 e. The molecule has 0 radical (unpaired) electrons. The van der Waals surface area contributed by atoms with E-state index in [1.165, 1.54) is 11.3 Å². The number of carbonyl (C=O) groups excluding carboxylic acids is 1. The van der Waals surface area contributed by atoms with E-state index in [-0.39, 0.29) is 24.9 Å². The third kappa shape index (κ3) is 6.14. The van der Waals surface area contributed by atoms with Gasteiger partial charge in [0.1, 0.15) is 27.5 Å². The normalized spacial score (nSPS) is 10.9. The summed E-state index contributed by atoms with van der Waals surface area (Å²) in [6.07, 6.45) is 0.804. The predicted molar refractivity (Wildman–Crippen MR) is 145 cm³/mol. The molecule has 7 nitrogen and oxygen atoms in total. The molecule has 0 saturated heterocycles. The Hall–Kier alpha value is -3.07. The summed E-state index contributed by atoms with van der Waals surface area (Å²) in [5.41, 5.74) is 0.683. The molecule has 0 bridgehead atoms. The van der Waals surface area contributed by atoms with Crippen molar-refractivity contribution in [1.29, 1.82) is 0 Å². The second-order valence-corrected chi connectivity index (χ2v) is 9.12. The van der Waals surface area contributed by atoms with Gasteiger partial charge in [-0.15, -0.1) is 12.4 Å². The molecule has 1 aromatic heterocycles. The summed E-state index contributed by atoms with van der Waals surface area (Å²) in [4.78, 5) is 21.9. The largest absolute Gasteiger partial charge is 0.495 e. The summed E-state index contributed by atoms with van der Waals surface area (Å²) < 4.78 is 17.7. The minimum absolute atomic E-state index is 0. The number of rotatable bonds is 10. The first-order chi connectivity index (χ1) is 16.5. The van der Waals surface area contributed by atoms with E-state index in [1.807, 2.05) is 68.7 Å². The number of benzene rings is 3. The average Bonchev–Trinajstić information content (AvgIpc) is 3.29. The summed E-state index contributed by atoms with van der Waals surface area (Å²) in [6, 6.07) is 17.6.